The number of ether oxygens (including phenoxy) is 1. The quantitative estimate of drug-likeness (QED) is 0.752. The molecule has 0 aliphatic rings. The zero-order chi connectivity index (χ0) is 19.8. The number of hydrogen-bond acceptors (Lipinski definition) is 5. The molecule has 0 unspecified atom stereocenters. The van der Waals surface area contributed by atoms with E-state index in [9.17, 15) is 14.4 Å². The van der Waals surface area contributed by atoms with E-state index in [2.05, 4.69) is 0 Å². The second kappa shape index (κ2) is 9.49. The Morgan fingerprint density at radius 2 is 1.63 bits per heavy atom. The minimum absolute atomic E-state index is 0.201. The molecule has 2 amide bonds. The van der Waals surface area contributed by atoms with Crippen LogP contribution in [0.2, 0.25) is 0 Å². The zero-order valence-electron chi connectivity index (χ0n) is 15.4. The van der Waals surface area contributed by atoms with E-state index in [-0.39, 0.29) is 25.6 Å². The molecule has 7 nitrogen and oxygen atoms in total. The van der Waals surface area contributed by atoms with Crippen molar-refractivity contribution in [3.05, 3.63) is 60.2 Å². The van der Waals surface area contributed by atoms with E-state index in [1.165, 1.54) is 15.9 Å². The summed E-state index contributed by atoms with van der Waals surface area (Å²) in [4.78, 5) is 39.7. The van der Waals surface area contributed by atoms with Crippen molar-refractivity contribution in [2.45, 2.75) is 6.92 Å². The molecule has 0 heterocycles. The number of nitrogens with two attached hydrogens (primary N) is 1. The molecule has 27 heavy (non-hydrogen) atoms. The molecule has 142 valence electrons. The standard InChI is InChI=1S/C20H23N3O4/c1-3-27-20(26)15-8-7-11-17(12-15)23(18(24)13-21)14-19(25)22(2)16-9-5-4-6-10-16/h4-12H,3,13-14,21H2,1-2H3. The van der Waals surface area contributed by atoms with Gasteiger partial charge in [0.1, 0.15) is 6.54 Å². The predicted octanol–water partition coefficient (Wildman–Crippen LogP) is 1.82. The van der Waals surface area contributed by atoms with Crippen LogP contribution in [0.15, 0.2) is 54.6 Å². The highest BCUT2D eigenvalue weighted by molar-refractivity contribution is 6.04. The van der Waals surface area contributed by atoms with Crippen LogP contribution in [0, 0.1) is 0 Å². The van der Waals surface area contributed by atoms with E-state index in [0.717, 1.165) is 0 Å². The van der Waals surface area contributed by atoms with Crippen LogP contribution in [-0.4, -0.2) is 44.5 Å². The topological polar surface area (TPSA) is 92.9 Å². The van der Waals surface area contributed by atoms with Gasteiger partial charge in [0.15, 0.2) is 0 Å². The first-order chi connectivity index (χ1) is 13.0. The fourth-order valence-corrected chi connectivity index (χ4v) is 2.49. The van der Waals surface area contributed by atoms with Gasteiger partial charge >= 0.3 is 5.97 Å². The number of likely N-dealkylation sites (N-methyl/N-ethyl adjacent to an activating group) is 1. The molecule has 2 aromatic rings. The van der Waals surface area contributed by atoms with Crippen LogP contribution in [0.25, 0.3) is 0 Å². The Balaban J connectivity index is 2.26. The average Bonchev–Trinajstić information content (AvgIpc) is 2.71. The van der Waals surface area contributed by atoms with Crippen molar-refractivity contribution in [1.82, 2.24) is 0 Å². The number of esters is 1. The van der Waals surface area contributed by atoms with E-state index in [1.54, 1.807) is 44.3 Å². The van der Waals surface area contributed by atoms with Gasteiger partial charge in [-0.25, -0.2) is 4.79 Å². The lowest BCUT2D eigenvalue weighted by atomic mass is 10.2. The van der Waals surface area contributed by atoms with Crippen molar-refractivity contribution in [2.75, 3.05) is 36.5 Å². The fraction of sp³-hybridized carbons (Fsp3) is 0.250. The SMILES string of the molecule is CCOC(=O)c1cccc(N(CC(=O)N(C)c2ccccc2)C(=O)CN)c1. The lowest BCUT2D eigenvalue weighted by Crippen LogP contribution is -2.44. The van der Waals surface area contributed by atoms with Crippen LogP contribution < -0.4 is 15.5 Å². The van der Waals surface area contributed by atoms with Crippen molar-refractivity contribution in [2.24, 2.45) is 5.73 Å². The number of nitrogens with zero attached hydrogens (tertiary/aromatic N) is 2. The van der Waals surface area contributed by atoms with Crippen molar-refractivity contribution in [3.63, 3.8) is 0 Å². The highest BCUT2D eigenvalue weighted by atomic mass is 16.5. The number of benzene rings is 2. The highest BCUT2D eigenvalue weighted by Gasteiger charge is 2.22. The second-order valence-corrected chi connectivity index (χ2v) is 5.74. The zero-order valence-corrected chi connectivity index (χ0v) is 15.4. The number of amides is 2. The number of carbonyl (C=O) groups excluding carboxylic acids is 3. The molecular weight excluding hydrogens is 346 g/mol. The van der Waals surface area contributed by atoms with Gasteiger partial charge in [-0.05, 0) is 37.3 Å². The number of anilines is 2. The van der Waals surface area contributed by atoms with Gasteiger partial charge in [-0.1, -0.05) is 24.3 Å². The summed E-state index contributed by atoms with van der Waals surface area (Å²) < 4.78 is 4.98. The Morgan fingerprint density at radius 3 is 2.26 bits per heavy atom. The minimum atomic E-state index is -0.493. The van der Waals surface area contributed by atoms with E-state index < -0.39 is 11.9 Å². The summed E-state index contributed by atoms with van der Waals surface area (Å²) in [6.07, 6.45) is 0. The van der Waals surface area contributed by atoms with Crippen molar-refractivity contribution >= 4 is 29.2 Å². The summed E-state index contributed by atoms with van der Waals surface area (Å²) in [5.74, 6) is -1.21. The van der Waals surface area contributed by atoms with Gasteiger partial charge in [0.25, 0.3) is 0 Å². The Morgan fingerprint density at radius 1 is 0.963 bits per heavy atom. The van der Waals surface area contributed by atoms with E-state index in [1.807, 2.05) is 18.2 Å². The maximum absolute atomic E-state index is 12.7. The van der Waals surface area contributed by atoms with Crippen LogP contribution in [0.4, 0.5) is 11.4 Å². The summed E-state index contributed by atoms with van der Waals surface area (Å²) >= 11 is 0. The van der Waals surface area contributed by atoms with Crippen LogP contribution >= 0.6 is 0 Å². The highest BCUT2D eigenvalue weighted by Crippen LogP contribution is 2.19. The molecule has 0 saturated heterocycles. The van der Waals surface area contributed by atoms with E-state index >= 15 is 0 Å². The largest absolute Gasteiger partial charge is 0.462 e. The second-order valence-electron chi connectivity index (χ2n) is 5.74. The van der Waals surface area contributed by atoms with Crippen LogP contribution in [0.3, 0.4) is 0 Å². The molecule has 2 N–H and O–H groups in total. The monoisotopic (exact) mass is 369 g/mol. The number of para-hydroxylation sites is 1. The number of hydrogen-bond donors (Lipinski definition) is 1. The molecule has 0 aliphatic carbocycles. The van der Waals surface area contributed by atoms with Crippen LogP contribution in [0.5, 0.6) is 0 Å². The summed E-state index contributed by atoms with van der Waals surface area (Å²) in [7, 11) is 1.64. The molecule has 0 spiro atoms. The first-order valence-corrected chi connectivity index (χ1v) is 8.57. The third kappa shape index (κ3) is 5.15. The Kier molecular flexibility index (Phi) is 7.08. The van der Waals surface area contributed by atoms with Crippen LogP contribution in [-0.2, 0) is 14.3 Å². The normalized spacial score (nSPS) is 10.2. The van der Waals surface area contributed by atoms with Crippen LogP contribution in [0.1, 0.15) is 17.3 Å². The van der Waals surface area contributed by atoms with Gasteiger partial charge in [-0.15, -0.1) is 0 Å². The first kappa shape index (κ1) is 20.1. The lowest BCUT2D eigenvalue weighted by molar-refractivity contribution is -0.121. The Bertz CT molecular complexity index is 808. The summed E-state index contributed by atoms with van der Waals surface area (Å²) in [5.41, 5.74) is 6.93. The molecule has 0 fully saturated rings. The maximum Gasteiger partial charge on any atom is 0.338 e. The Labute approximate surface area is 158 Å². The average molecular weight is 369 g/mol. The predicted molar refractivity (Wildman–Crippen MR) is 104 cm³/mol. The minimum Gasteiger partial charge on any atom is -0.462 e. The van der Waals surface area contributed by atoms with Gasteiger partial charge < -0.3 is 20.3 Å². The van der Waals surface area contributed by atoms with Crippen molar-refractivity contribution in [1.29, 1.82) is 0 Å². The molecule has 0 radical (unpaired) electrons. The lowest BCUT2D eigenvalue weighted by Gasteiger charge is -2.25. The fourth-order valence-electron chi connectivity index (χ4n) is 2.49. The van der Waals surface area contributed by atoms with Gasteiger partial charge in [-0.2, -0.15) is 0 Å². The molecule has 0 atom stereocenters. The van der Waals surface area contributed by atoms with Gasteiger partial charge in [0.2, 0.25) is 11.8 Å². The van der Waals surface area contributed by atoms with Crippen molar-refractivity contribution < 1.29 is 19.1 Å². The molecule has 7 heteroatoms. The molecule has 0 saturated carbocycles. The third-order valence-electron chi connectivity index (χ3n) is 3.96. The molecular formula is C20H23N3O4. The van der Waals surface area contributed by atoms with E-state index in [4.69, 9.17) is 10.5 Å². The summed E-state index contributed by atoms with van der Waals surface area (Å²) in [5, 5.41) is 0. The number of rotatable bonds is 7. The molecule has 2 aromatic carbocycles. The van der Waals surface area contributed by atoms with Gasteiger partial charge in [0.05, 0.1) is 18.7 Å². The van der Waals surface area contributed by atoms with Crippen molar-refractivity contribution in [3.8, 4) is 0 Å². The molecule has 0 bridgehead atoms. The number of carbonyl (C=O) groups is 3. The first-order valence-electron chi connectivity index (χ1n) is 8.57. The molecule has 0 aliphatic heterocycles. The van der Waals surface area contributed by atoms with E-state index in [0.29, 0.717) is 16.9 Å². The maximum atomic E-state index is 12.7. The smallest absolute Gasteiger partial charge is 0.338 e. The van der Waals surface area contributed by atoms with Gasteiger partial charge in [-0.3, -0.25) is 9.59 Å². The summed E-state index contributed by atoms with van der Waals surface area (Å²) in [6.45, 7) is 1.50. The molecule has 2 rings (SSSR count). The van der Waals surface area contributed by atoms with Gasteiger partial charge in [0, 0.05) is 18.4 Å². The molecule has 0 aromatic heterocycles. The Hall–Kier alpha value is -3.19. The third-order valence-corrected chi connectivity index (χ3v) is 3.96. The summed E-state index contributed by atoms with van der Waals surface area (Å²) in [6, 6.07) is 15.5.